The number of anilines is 3. The van der Waals surface area contributed by atoms with E-state index in [1.165, 1.54) is 11.1 Å². The Balaban J connectivity index is 2.23. The van der Waals surface area contributed by atoms with E-state index in [9.17, 15) is 0 Å². The van der Waals surface area contributed by atoms with Gasteiger partial charge in [-0.15, -0.1) is 0 Å². The van der Waals surface area contributed by atoms with Gasteiger partial charge < -0.3 is 10.6 Å². The molecule has 2 N–H and O–H groups in total. The SMILES string of the molecule is CCCNc1ncc(Cl)c(Nc2cc(C)cc(C)c2)n1. The molecule has 1 heterocycles. The zero-order chi connectivity index (χ0) is 14.5. The van der Waals surface area contributed by atoms with E-state index < -0.39 is 0 Å². The van der Waals surface area contributed by atoms with Gasteiger partial charge in [-0.25, -0.2) is 4.98 Å². The van der Waals surface area contributed by atoms with E-state index in [0.717, 1.165) is 18.7 Å². The van der Waals surface area contributed by atoms with E-state index in [-0.39, 0.29) is 0 Å². The summed E-state index contributed by atoms with van der Waals surface area (Å²) in [5, 5.41) is 6.90. The number of aryl methyl sites for hydroxylation is 2. The summed E-state index contributed by atoms with van der Waals surface area (Å²) in [6.07, 6.45) is 2.63. The van der Waals surface area contributed by atoms with Crippen LogP contribution in [0, 0.1) is 13.8 Å². The lowest BCUT2D eigenvalue weighted by atomic mass is 10.1. The van der Waals surface area contributed by atoms with Gasteiger partial charge in [-0.2, -0.15) is 4.98 Å². The van der Waals surface area contributed by atoms with E-state index in [2.05, 4.69) is 59.6 Å². The number of hydrogen-bond acceptors (Lipinski definition) is 4. The van der Waals surface area contributed by atoms with Crippen LogP contribution in [0.1, 0.15) is 24.5 Å². The second-order valence-electron chi connectivity index (χ2n) is 4.82. The average Bonchev–Trinajstić information content (AvgIpc) is 2.38. The summed E-state index contributed by atoms with van der Waals surface area (Å²) in [5.74, 6) is 1.20. The van der Waals surface area contributed by atoms with Crippen molar-refractivity contribution in [3.05, 3.63) is 40.5 Å². The quantitative estimate of drug-likeness (QED) is 0.861. The maximum Gasteiger partial charge on any atom is 0.224 e. The minimum absolute atomic E-state index is 0.506. The van der Waals surface area contributed by atoms with Crippen LogP contribution in [-0.2, 0) is 0 Å². The smallest absolute Gasteiger partial charge is 0.224 e. The summed E-state index contributed by atoms with van der Waals surface area (Å²) in [6, 6.07) is 6.25. The van der Waals surface area contributed by atoms with Crippen molar-refractivity contribution in [2.45, 2.75) is 27.2 Å². The van der Waals surface area contributed by atoms with Crippen molar-refractivity contribution in [1.29, 1.82) is 0 Å². The fourth-order valence-electron chi connectivity index (χ4n) is 1.96. The van der Waals surface area contributed by atoms with Crippen LogP contribution in [0.3, 0.4) is 0 Å². The Labute approximate surface area is 124 Å². The summed E-state index contributed by atoms with van der Waals surface area (Å²) in [4.78, 5) is 8.56. The lowest BCUT2D eigenvalue weighted by Gasteiger charge is -2.11. The van der Waals surface area contributed by atoms with Crippen LogP contribution in [0.25, 0.3) is 0 Å². The fourth-order valence-corrected chi connectivity index (χ4v) is 2.10. The summed E-state index contributed by atoms with van der Waals surface area (Å²) in [6.45, 7) is 7.06. The Morgan fingerprint density at radius 1 is 1.15 bits per heavy atom. The Morgan fingerprint density at radius 3 is 2.50 bits per heavy atom. The first-order valence-electron chi connectivity index (χ1n) is 6.70. The molecule has 0 amide bonds. The van der Waals surface area contributed by atoms with Crippen LogP contribution in [0.15, 0.2) is 24.4 Å². The molecule has 0 unspecified atom stereocenters. The molecule has 2 rings (SSSR count). The second-order valence-corrected chi connectivity index (χ2v) is 5.23. The standard InChI is InChI=1S/C15H19ClN4/c1-4-5-17-15-18-9-13(16)14(20-15)19-12-7-10(2)6-11(3)8-12/h6-9H,4-5H2,1-3H3,(H2,17,18,19,20). The predicted molar refractivity (Wildman–Crippen MR) is 85.0 cm³/mol. The molecule has 0 bridgehead atoms. The third-order valence-electron chi connectivity index (χ3n) is 2.76. The van der Waals surface area contributed by atoms with Gasteiger partial charge in [-0.05, 0) is 43.5 Å². The first-order valence-corrected chi connectivity index (χ1v) is 7.08. The molecule has 0 saturated heterocycles. The molecular weight excluding hydrogens is 272 g/mol. The largest absolute Gasteiger partial charge is 0.354 e. The van der Waals surface area contributed by atoms with Crippen LogP contribution in [0.5, 0.6) is 0 Å². The molecule has 4 nitrogen and oxygen atoms in total. The topological polar surface area (TPSA) is 49.8 Å². The van der Waals surface area contributed by atoms with Gasteiger partial charge in [-0.3, -0.25) is 0 Å². The molecule has 2 aromatic rings. The van der Waals surface area contributed by atoms with Crippen molar-refractivity contribution in [2.75, 3.05) is 17.2 Å². The zero-order valence-electron chi connectivity index (χ0n) is 12.0. The van der Waals surface area contributed by atoms with E-state index in [1.807, 2.05) is 0 Å². The lowest BCUT2D eigenvalue weighted by Crippen LogP contribution is -2.06. The maximum atomic E-state index is 6.14. The molecular formula is C15H19ClN4. The monoisotopic (exact) mass is 290 g/mol. The average molecular weight is 291 g/mol. The third-order valence-corrected chi connectivity index (χ3v) is 3.04. The van der Waals surface area contributed by atoms with Crippen LogP contribution in [0.2, 0.25) is 5.02 Å². The molecule has 0 fully saturated rings. The highest BCUT2D eigenvalue weighted by Crippen LogP contribution is 2.24. The number of aromatic nitrogens is 2. The van der Waals surface area contributed by atoms with Crippen molar-refractivity contribution in [2.24, 2.45) is 0 Å². The Bertz CT molecular complexity index is 578. The first-order chi connectivity index (χ1) is 9.58. The normalized spacial score (nSPS) is 10.4. The van der Waals surface area contributed by atoms with Crippen molar-refractivity contribution < 1.29 is 0 Å². The Morgan fingerprint density at radius 2 is 1.85 bits per heavy atom. The summed E-state index contributed by atoms with van der Waals surface area (Å²) < 4.78 is 0. The molecule has 5 heteroatoms. The second kappa shape index (κ2) is 6.57. The van der Waals surface area contributed by atoms with Crippen molar-refractivity contribution in [1.82, 2.24) is 9.97 Å². The first kappa shape index (κ1) is 14.6. The van der Waals surface area contributed by atoms with E-state index in [1.54, 1.807) is 6.20 Å². The van der Waals surface area contributed by atoms with Gasteiger partial charge in [0.2, 0.25) is 5.95 Å². The highest BCUT2D eigenvalue weighted by molar-refractivity contribution is 6.32. The van der Waals surface area contributed by atoms with Crippen LogP contribution < -0.4 is 10.6 Å². The van der Waals surface area contributed by atoms with Crippen molar-refractivity contribution in [3.63, 3.8) is 0 Å². The number of nitrogens with zero attached hydrogens (tertiary/aromatic N) is 2. The lowest BCUT2D eigenvalue weighted by molar-refractivity contribution is 0.953. The minimum atomic E-state index is 0.506. The van der Waals surface area contributed by atoms with Gasteiger partial charge in [0.25, 0.3) is 0 Å². The summed E-state index contributed by atoms with van der Waals surface area (Å²) >= 11 is 6.14. The maximum absolute atomic E-state index is 6.14. The zero-order valence-corrected chi connectivity index (χ0v) is 12.8. The molecule has 0 spiro atoms. The molecule has 0 aliphatic rings. The number of hydrogen-bond donors (Lipinski definition) is 2. The van der Waals surface area contributed by atoms with E-state index in [4.69, 9.17) is 11.6 Å². The third kappa shape index (κ3) is 3.84. The molecule has 20 heavy (non-hydrogen) atoms. The van der Waals surface area contributed by atoms with Gasteiger partial charge in [0.05, 0.1) is 6.20 Å². The predicted octanol–water partition coefficient (Wildman–Crippen LogP) is 4.31. The molecule has 0 saturated carbocycles. The number of nitrogens with one attached hydrogen (secondary N) is 2. The van der Waals surface area contributed by atoms with E-state index in [0.29, 0.717) is 16.8 Å². The van der Waals surface area contributed by atoms with Crippen molar-refractivity contribution >= 4 is 29.1 Å². The van der Waals surface area contributed by atoms with E-state index >= 15 is 0 Å². The van der Waals surface area contributed by atoms with Crippen LogP contribution in [-0.4, -0.2) is 16.5 Å². The van der Waals surface area contributed by atoms with Crippen LogP contribution in [0.4, 0.5) is 17.5 Å². The Kier molecular flexibility index (Phi) is 4.79. The van der Waals surface area contributed by atoms with Gasteiger partial charge in [0, 0.05) is 12.2 Å². The molecule has 1 aromatic carbocycles. The molecule has 0 aliphatic carbocycles. The minimum Gasteiger partial charge on any atom is -0.354 e. The van der Waals surface area contributed by atoms with Crippen molar-refractivity contribution in [3.8, 4) is 0 Å². The molecule has 0 aliphatic heterocycles. The number of halogens is 1. The van der Waals surface area contributed by atoms with Gasteiger partial charge in [0.15, 0.2) is 5.82 Å². The molecule has 0 atom stereocenters. The van der Waals surface area contributed by atoms with Gasteiger partial charge in [-0.1, -0.05) is 24.6 Å². The van der Waals surface area contributed by atoms with Crippen LogP contribution >= 0.6 is 11.6 Å². The highest BCUT2D eigenvalue weighted by Gasteiger charge is 2.06. The highest BCUT2D eigenvalue weighted by atomic mass is 35.5. The fraction of sp³-hybridized carbons (Fsp3) is 0.333. The summed E-state index contributed by atoms with van der Waals surface area (Å²) in [5.41, 5.74) is 3.37. The summed E-state index contributed by atoms with van der Waals surface area (Å²) in [7, 11) is 0. The molecule has 0 radical (unpaired) electrons. The Hall–Kier alpha value is -1.81. The number of benzene rings is 1. The molecule has 1 aromatic heterocycles. The molecule has 106 valence electrons. The number of rotatable bonds is 5. The van der Waals surface area contributed by atoms with Gasteiger partial charge in [0.1, 0.15) is 5.02 Å². The van der Waals surface area contributed by atoms with Gasteiger partial charge >= 0.3 is 0 Å².